The van der Waals surface area contributed by atoms with Crippen LogP contribution in [0.5, 0.6) is 11.5 Å². The van der Waals surface area contributed by atoms with Crippen LogP contribution in [-0.2, 0) is 0 Å². The molecule has 5 nitrogen and oxygen atoms in total. The van der Waals surface area contributed by atoms with E-state index in [9.17, 15) is 19.6 Å². The number of hydrogen-bond donors (Lipinski definition) is 1. The molecule has 0 aliphatic heterocycles. The van der Waals surface area contributed by atoms with Gasteiger partial charge in [-0.1, -0.05) is 15.9 Å². The molecule has 7 heteroatoms. The highest BCUT2D eigenvalue weighted by Gasteiger charge is 2.14. The van der Waals surface area contributed by atoms with Crippen LogP contribution in [0, 0.1) is 15.9 Å². The van der Waals surface area contributed by atoms with Crippen LogP contribution in [0.1, 0.15) is 18.6 Å². The Morgan fingerprint density at radius 1 is 1.33 bits per heavy atom. The summed E-state index contributed by atoms with van der Waals surface area (Å²) in [5.41, 5.74) is 0.123. The molecule has 0 saturated carbocycles. The molecule has 1 atom stereocenters. The number of aliphatic hydroxyl groups excluding tert-OH is 1. The number of aliphatic hydroxyl groups is 1. The lowest BCUT2D eigenvalue weighted by molar-refractivity contribution is -0.385. The molecule has 2 aromatic carbocycles. The van der Waals surface area contributed by atoms with Crippen LogP contribution in [-0.4, -0.2) is 10.0 Å². The largest absolute Gasteiger partial charge is 0.457 e. The Bertz CT molecular complexity index is 691. The summed E-state index contributed by atoms with van der Waals surface area (Å²) in [5, 5.41) is 20.5. The highest BCUT2D eigenvalue weighted by Crippen LogP contribution is 2.33. The van der Waals surface area contributed by atoms with E-state index in [1.807, 2.05) is 0 Å². The van der Waals surface area contributed by atoms with Crippen molar-refractivity contribution in [1.82, 2.24) is 0 Å². The molecule has 0 fully saturated rings. The number of nitrogens with zero attached hydrogens (tertiary/aromatic N) is 1. The van der Waals surface area contributed by atoms with E-state index in [1.54, 1.807) is 6.07 Å². The predicted octanol–water partition coefficient (Wildman–Crippen LogP) is 4.34. The molecule has 110 valence electrons. The van der Waals surface area contributed by atoms with E-state index in [-0.39, 0.29) is 22.7 Å². The van der Waals surface area contributed by atoms with Gasteiger partial charge in [0.15, 0.2) is 0 Å². The number of benzene rings is 2. The van der Waals surface area contributed by atoms with Gasteiger partial charge >= 0.3 is 0 Å². The molecule has 2 rings (SSSR count). The zero-order valence-electron chi connectivity index (χ0n) is 10.9. The minimum Gasteiger partial charge on any atom is -0.457 e. The molecule has 0 amide bonds. The van der Waals surface area contributed by atoms with Gasteiger partial charge in [0.1, 0.15) is 17.3 Å². The van der Waals surface area contributed by atoms with Gasteiger partial charge in [0.2, 0.25) is 0 Å². The molecule has 0 aromatic heterocycles. The van der Waals surface area contributed by atoms with E-state index in [0.29, 0.717) is 4.47 Å². The van der Waals surface area contributed by atoms with Crippen molar-refractivity contribution in [3.05, 3.63) is 62.4 Å². The minimum absolute atomic E-state index is 0.139. The van der Waals surface area contributed by atoms with Crippen LogP contribution < -0.4 is 4.74 Å². The maximum absolute atomic E-state index is 13.2. The van der Waals surface area contributed by atoms with Crippen LogP contribution >= 0.6 is 15.9 Å². The van der Waals surface area contributed by atoms with Gasteiger partial charge < -0.3 is 9.84 Å². The summed E-state index contributed by atoms with van der Waals surface area (Å²) in [7, 11) is 0. The predicted molar refractivity (Wildman–Crippen MR) is 77.9 cm³/mol. The SMILES string of the molecule is C[C@@H](O)c1cc(F)ccc1Oc1cc(Br)cc([N+](=O)[O-])c1. The molecule has 0 aliphatic carbocycles. The lowest BCUT2D eigenvalue weighted by atomic mass is 10.1. The second kappa shape index (κ2) is 6.19. The lowest BCUT2D eigenvalue weighted by Gasteiger charge is -2.13. The van der Waals surface area contributed by atoms with Gasteiger partial charge in [-0.05, 0) is 31.2 Å². The fraction of sp³-hybridized carbons (Fsp3) is 0.143. The minimum atomic E-state index is -0.933. The number of nitro benzene ring substituents is 1. The highest BCUT2D eigenvalue weighted by atomic mass is 79.9. The lowest BCUT2D eigenvalue weighted by Crippen LogP contribution is -1.98. The molecule has 0 saturated heterocycles. The van der Waals surface area contributed by atoms with Crippen LogP contribution in [0.15, 0.2) is 40.9 Å². The Labute approximate surface area is 128 Å². The fourth-order valence-corrected chi connectivity index (χ4v) is 2.24. The van der Waals surface area contributed by atoms with Gasteiger partial charge in [-0.25, -0.2) is 4.39 Å². The van der Waals surface area contributed by atoms with E-state index in [0.717, 1.165) is 6.07 Å². The first kappa shape index (κ1) is 15.4. The third-order valence-electron chi connectivity index (χ3n) is 2.72. The Hall–Kier alpha value is -1.99. The molecular weight excluding hydrogens is 345 g/mol. The number of non-ortho nitro benzene ring substituents is 1. The summed E-state index contributed by atoms with van der Waals surface area (Å²) in [6.07, 6.45) is -0.933. The van der Waals surface area contributed by atoms with Gasteiger partial charge in [-0.15, -0.1) is 0 Å². The average molecular weight is 356 g/mol. The van der Waals surface area contributed by atoms with Crippen molar-refractivity contribution in [3.8, 4) is 11.5 Å². The summed E-state index contributed by atoms with van der Waals surface area (Å²) < 4.78 is 19.2. The Kier molecular flexibility index (Phi) is 4.54. The third-order valence-corrected chi connectivity index (χ3v) is 3.17. The molecule has 0 unspecified atom stereocenters. The molecule has 2 aromatic rings. The Morgan fingerprint density at radius 3 is 2.67 bits per heavy atom. The first-order chi connectivity index (χ1) is 9.86. The van der Waals surface area contributed by atoms with Crippen LogP contribution in [0.3, 0.4) is 0 Å². The van der Waals surface area contributed by atoms with Crippen molar-refractivity contribution in [2.75, 3.05) is 0 Å². The topological polar surface area (TPSA) is 72.6 Å². The van der Waals surface area contributed by atoms with E-state index >= 15 is 0 Å². The summed E-state index contributed by atoms with van der Waals surface area (Å²) in [6, 6.07) is 7.85. The van der Waals surface area contributed by atoms with Crippen molar-refractivity contribution in [3.63, 3.8) is 0 Å². The molecule has 0 heterocycles. The van der Waals surface area contributed by atoms with Gasteiger partial charge in [0, 0.05) is 16.1 Å². The van der Waals surface area contributed by atoms with Crippen molar-refractivity contribution in [2.45, 2.75) is 13.0 Å². The van der Waals surface area contributed by atoms with E-state index < -0.39 is 16.8 Å². The van der Waals surface area contributed by atoms with Crippen molar-refractivity contribution >= 4 is 21.6 Å². The third kappa shape index (κ3) is 3.77. The normalized spacial score (nSPS) is 12.0. The summed E-state index contributed by atoms with van der Waals surface area (Å²) in [5.74, 6) is -0.0538. The molecule has 0 aliphatic rings. The zero-order chi connectivity index (χ0) is 15.6. The Morgan fingerprint density at radius 2 is 2.05 bits per heavy atom. The van der Waals surface area contributed by atoms with Gasteiger partial charge in [-0.2, -0.15) is 0 Å². The van der Waals surface area contributed by atoms with Crippen molar-refractivity contribution < 1.29 is 19.2 Å². The monoisotopic (exact) mass is 355 g/mol. The van der Waals surface area contributed by atoms with Crippen molar-refractivity contribution in [1.29, 1.82) is 0 Å². The first-order valence-corrected chi connectivity index (χ1v) is 6.76. The van der Waals surface area contributed by atoms with Crippen molar-refractivity contribution in [2.24, 2.45) is 0 Å². The molecular formula is C14H11BrFNO4. The summed E-state index contributed by atoms with van der Waals surface area (Å²) in [6.45, 7) is 1.48. The van der Waals surface area contributed by atoms with Gasteiger partial charge in [-0.3, -0.25) is 10.1 Å². The standard InChI is InChI=1S/C14H11BrFNO4/c1-8(18)13-6-10(16)2-3-14(13)21-12-5-9(15)4-11(7-12)17(19)20/h2-8,18H,1H3/t8-/m1/s1. The molecule has 1 N–H and O–H groups in total. The maximum atomic E-state index is 13.2. The quantitative estimate of drug-likeness (QED) is 0.653. The number of hydrogen-bond acceptors (Lipinski definition) is 4. The molecule has 21 heavy (non-hydrogen) atoms. The summed E-state index contributed by atoms with van der Waals surface area (Å²) in [4.78, 5) is 10.3. The second-order valence-corrected chi connectivity index (χ2v) is 5.28. The number of ether oxygens (including phenoxy) is 1. The molecule has 0 bridgehead atoms. The van der Waals surface area contributed by atoms with Gasteiger partial charge in [0.25, 0.3) is 5.69 Å². The second-order valence-electron chi connectivity index (χ2n) is 4.36. The number of rotatable bonds is 4. The Balaban J connectivity index is 2.40. The van der Waals surface area contributed by atoms with Crippen LogP contribution in [0.4, 0.5) is 10.1 Å². The smallest absolute Gasteiger partial charge is 0.274 e. The van der Waals surface area contributed by atoms with Crippen LogP contribution in [0.25, 0.3) is 0 Å². The van der Waals surface area contributed by atoms with Crippen LogP contribution in [0.2, 0.25) is 0 Å². The summed E-state index contributed by atoms with van der Waals surface area (Å²) >= 11 is 3.16. The highest BCUT2D eigenvalue weighted by molar-refractivity contribution is 9.10. The number of nitro groups is 1. The number of halogens is 2. The first-order valence-electron chi connectivity index (χ1n) is 5.97. The van der Waals surface area contributed by atoms with Gasteiger partial charge in [0.05, 0.1) is 17.1 Å². The average Bonchev–Trinajstić information content (AvgIpc) is 2.40. The molecule has 0 radical (unpaired) electrons. The fourth-order valence-electron chi connectivity index (χ4n) is 1.78. The molecule has 0 spiro atoms. The van der Waals surface area contributed by atoms with E-state index in [2.05, 4.69) is 15.9 Å². The van der Waals surface area contributed by atoms with E-state index in [4.69, 9.17) is 4.74 Å². The maximum Gasteiger partial charge on any atom is 0.274 e. The van der Waals surface area contributed by atoms with E-state index in [1.165, 1.54) is 31.2 Å². The zero-order valence-corrected chi connectivity index (χ0v) is 12.5.